The molecular formula is C16H24O2. The Morgan fingerprint density at radius 1 is 1.11 bits per heavy atom. The highest BCUT2D eigenvalue weighted by atomic mass is 16.5. The van der Waals surface area contributed by atoms with Crippen molar-refractivity contribution < 1.29 is 9.53 Å². The number of hydrogen-bond donors (Lipinski definition) is 0. The van der Waals surface area contributed by atoms with Crippen LogP contribution in [0.5, 0.6) is 0 Å². The number of ketones is 1. The van der Waals surface area contributed by atoms with E-state index in [0.717, 1.165) is 31.3 Å². The summed E-state index contributed by atoms with van der Waals surface area (Å²) in [5.41, 5.74) is 0.135. The van der Waals surface area contributed by atoms with Gasteiger partial charge in [0.15, 0.2) is 0 Å². The van der Waals surface area contributed by atoms with Crippen molar-refractivity contribution in [3.8, 4) is 0 Å². The van der Waals surface area contributed by atoms with Gasteiger partial charge >= 0.3 is 0 Å². The van der Waals surface area contributed by atoms with E-state index in [2.05, 4.69) is 0 Å². The topological polar surface area (TPSA) is 26.3 Å². The van der Waals surface area contributed by atoms with Crippen molar-refractivity contribution in [1.82, 2.24) is 0 Å². The van der Waals surface area contributed by atoms with Crippen LogP contribution >= 0.6 is 0 Å². The molecule has 4 atom stereocenters. The van der Waals surface area contributed by atoms with Gasteiger partial charge in [0.1, 0.15) is 5.78 Å². The van der Waals surface area contributed by atoms with Gasteiger partial charge in [0.05, 0.1) is 5.60 Å². The van der Waals surface area contributed by atoms with Crippen LogP contribution in [0.2, 0.25) is 0 Å². The molecule has 0 radical (unpaired) electrons. The second-order valence-corrected chi connectivity index (χ2v) is 7.26. The fourth-order valence-corrected chi connectivity index (χ4v) is 5.09. The summed E-state index contributed by atoms with van der Waals surface area (Å²) in [5.74, 6) is 3.04. The summed E-state index contributed by atoms with van der Waals surface area (Å²) in [7, 11) is 0. The molecule has 1 spiro atoms. The molecule has 1 heterocycles. The molecule has 0 amide bonds. The van der Waals surface area contributed by atoms with E-state index in [0.29, 0.717) is 17.6 Å². The molecule has 0 aromatic carbocycles. The van der Waals surface area contributed by atoms with E-state index in [4.69, 9.17) is 4.74 Å². The van der Waals surface area contributed by atoms with Gasteiger partial charge < -0.3 is 4.74 Å². The monoisotopic (exact) mass is 248 g/mol. The minimum Gasteiger partial charge on any atom is -0.375 e. The first-order valence-corrected chi connectivity index (χ1v) is 7.93. The van der Waals surface area contributed by atoms with Crippen LogP contribution in [0.1, 0.15) is 57.8 Å². The van der Waals surface area contributed by atoms with E-state index in [1.807, 2.05) is 0 Å². The molecule has 2 bridgehead atoms. The molecule has 4 fully saturated rings. The maximum atomic E-state index is 12.8. The van der Waals surface area contributed by atoms with Crippen molar-refractivity contribution in [3.63, 3.8) is 0 Å². The van der Waals surface area contributed by atoms with Crippen LogP contribution in [0, 0.1) is 23.7 Å². The molecule has 0 aromatic heterocycles. The molecule has 2 heteroatoms. The number of ether oxygens (including phenoxy) is 1. The number of rotatable bonds is 2. The predicted molar refractivity (Wildman–Crippen MR) is 69.2 cm³/mol. The molecule has 0 aromatic rings. The molecule has 3 saturated carbocycles. The van der Waals surface area contributed by atoms with E-state index in [-0.39, 0.29) is 5.60 Å². The fraction of sp³-hybridized carbons (Fsp3) is 0.938. The zero-order chi connectivity index (χ0) is 12.2. The van der Waals surface area contributed by atoms with Crippen LogP contribution in [0.3, 0.4) is 0 Å². The molecule has 4 aliphatic rings. The van der Waals surface area contributed by atoms with Crippen LogP contribution in [0.25, 0.3) is 0 Å². The molecule has 1 aliphatic heterocycles. The highest BCUT2D eigenvalue weighted by Gasteiger charge is 2.49. The van der Waals surface area contributed by atoms with Gasteiger partial charge in [0.2, 0.25) is 0 Å². The lowest BCUT2D eigenvalue weighted by Crippen LogP contribution is -2.48. The second kappa shape index (κ2) is 4.06. The smallest absolute Gasteiger partial charge is 0.139 e. The van der Waals surface area contributed by atoms with E-state index >= 15 is 0 Å². The Kier molecular flexibility index (Phi) is 2.58. The molecule has 18 heavy (non-hydrogen) atoms. The lowest BCUT2D eigenvalue weighted by Gasteiger charge is -2.47. The van der Waals surface area contributed by atoms with Crippen molar-refractivity contribution in [2.45, 2.75) is 63.4 Å². The summed E-state index contributed by atoms with van der Waals surface area (Å²) in [4.78, 5) is 12.8. The molecule has 100 valence electrons. The third-order valence-electron chi connectivity index (χ3n) is 6.26. The maximum absolute atomic E-state index is 12.8. The second-order valence-electron chi connectivity index (χ2n) is 7.26. The SMILES string of the molecule is O=C(C1CCOC2(CCC2)C1)C1CC2CCC1C2. The first-order chi connectivity index (χ1) is 8.76. The van der Waals surface area contributed by atoms with E-state index in [1.165, 1.54) is 44.9 Å². The van der Waals surface area contributed by atoms with Gasteiger partial charge in [0.25, 0.3) is 0 Å². The van der Waals surface area contributed by atoms with Gasteiger partial charge in [-0.1, -0.05) is 6.42 Å². The lowest BCUT2D eigenvalue weighted by molar-refractivity contribution is -0.158. The third-order valence-corrected chi connectivity index (χ3v) is 6.26. The maximum Gasteiger partial charge on any atom is 0.139 e. The summed E-state index contributed by atoms with van der Waals surface area (Å²) >= 11 is 0. The lowest BCUT2D eigenvalue weighted by atomic mass is 9.69. The van der Waals surface area contributed by atoms with Gasteiger partial charge in [-0.2, -0.15) is 0 Å². The molecule has 3 aliphatic carbocycles. The standard InChI is InChI=1S/C16H24O2/c17-15(14-9-11-2-3-12(14)8-11)13-4-7-18-16(10-13)5-1-6-16/h11-14H,1-10H2. The minimum absolute atomic E-state index is 0.135. The molecule has 0 N–H and O–H groups in total. The normalized spacial score (nSPS) is 45.1. The highest BCUT2D eigenvalue weighted by molar-refractivity contribution is 5.84. The van der Waals surface area contributed by atoms with Gasteiger partial charge in [-0.05, 0) is 63.2 Å². The quantitative estimate of drug-likeness (QED) is 0.749. The zero-order valence-electron chi connectivity index (χ0n) is 11.2. The predicted octanol–water partition coefficient (Wildman–Crippen LogP) is 3.34. The summed E-state index contributed by atoms with van der Waals surface area (Å²) in [5, 5.41) is 0. The minimum atomic E-state index is 0.135. The average Bonchev–Trinajstić information content (AvgIpc) is 2.98. The van der Waals surface area contributed by atoms with Crippen LogP contribution in [0.4, 0.5) is 0 Å². The van der Waals surface area contributed by atoms with Gasteiger partial charge in [-0.25, -0.2) is 0 Å². The average molecular weight is 248 g/mol. The Morgan fingerprint density at radius 2 is 2.00 bits per heavy atom. The van der Waals surface area contributed by atoms with Crippen LogP contribution in [-0.4, -0.2) is 18.0 Å². The Bertz CT molecular complexity index is 358. The molecule has 4 rings (SSSR count). The Labute approximate surface area is 109 Å². The van der Waals surface area contributed by atoms with Crippen molar-refractivity contribution >= 4 is 5.78 Å². The van der Waals surface area contributed by atoms with Gasteiger partial charge in [0, 0.05) is 18.4 Å². The first kappa shape index (κ1) is 11.5. The molecule has 1 saturated heterocycles. The van der Waals surface area contributed by atoms with E-state index in [1.54, 1.807) is 0 Å². The summed E-state index contributed by atoms with van der Waals surface area (Å²) in [6, 6.07) is 0. The molecule has 4 unspecified atom stereocenters. The van der Waals surface area contributed by atoms with Crippen LogP contribution in [0.15, 0.2) is 0 Å². The van der Waals surface area contributed by atoms with E-state index in [9.17, 15) is 4.79 Å². The Hall–Kier alpha value is -0.370. The number of carbonyl (C=O) groups excluding carboxylic acids is 1. The number of Topliss-reactive ketones (excluding diaryl/α,β-unsaturated/α-hetero) is 1. The zero-order valence-corrected chi connectivity index (χ0v) is 11.2. The molecular weight excluding hydrogens is 224 g/mol. The van der Waals surface area contributed by atoms with Crippen molar-refractivity contribution in [2.24, 2.45) is 23.7 Å². The third kappa shape index (κ3) is 1.68. The van der Waals surface area contributed by atoms with Gasteiger partial charge in [-0.3, -0.25) is 4.79 Å². The highest BCUT2D eigenvalue weighted by Crippen LogP contribution is 2.51. The molecule has 2 nitrogen and oxygen atoms in total. The summed E-state index contributed by atoms with van der Waals surface area (Å²) in [6.07, 6.45) is 11.0. The number of fused-ring (bicyclic) bond motifs is 2. The summed E-state index contributed by atoms with van der Waals surface area (Å²) in [6.45, 7) is 0.831. The van der Waals surface area contributed by atoms with Crippen molar-refractivity contribution in [2.75, 3.05) is 6.61 Å². The van der Waals surface area contributed by atoms with E-state index < -0.39 is 0 Å². The Morgan fingerprint density at radius 3 is 2.61 bits per heavy atom. The van der Waals surface area contributed by atoms with Crippen LogP contribution in [-0.2, 0) is 9.53 Å². The fourth-order valence-electron chi connectivity index (χ4n) is 5.09. The van der Waals surface area contributed by atoms with Crippen LogP contribution < -0.4 is 0 Å². The Balaban J connectivity index is 1.44. The van der Waals surface area contributed by atoms with Crippen molar-refractivity contribution in [3.05, 3.63) is 0 Å². The first-order valence-electron chi connectivity index (χ1n) is 7.93. The van der Waals surface area contributed by atoms with Gasteiger partial charge in [-0.15, -0.1) is 0 Å². The largest absolute Gasteiger partial charge is 0.375 e. The number of carbonyl (C=O) groups is 1. The van der Waals surface area contributed by atoms with Crippen molar-refractivity contribution in [1.29, 1.82) is 0 Å². The summed E-state index contributed by atoms with van der Waals surface area (Å²) < 4.78 is 5.95. The number of hydrogen-bond acceptors (Lipinski definition) is 2.